The molecule has 3 heteroatoms. The molecule has 1 aliphatic rings. The van der Waals surface area contributed by atoms with Crippen molar-refractivity contribution in [2.75, 3.05) is 11.5 Å². The number of rotatable bonds is 5. The van der Waals surface area contributed by atoms with Gasteiger partial charge in [-0.05, 0) is 55.7 Å². The van der Waals surface area contributed by atoms with Gasteiger partial charge < -0.3 is 10.3 Å². The molecule has 0 radical (unpaired) electrons. The highest BCUT2D eigenvalue weighted by Crippen LogP contribution is 2.31. The van der Waals surface area contributed by atoms with E-state index in [4.69, 9.17) is 5.73 Å². The van der Waals surface area contributed by atoms with Crippen molar-refractivity contribution in [1.29, 1.82) is 0 Å². The van der Waals surface area contributed by atoms with Gasteiger partial charge in [0.2, 0.25) is 0 Å². The first kappa shape index (κ1) is 13.0. The lowest BCUT2D eigenvalue weighted by Crippen LogP contribution is -2.19. The summed E-state index contributed by atoms with van der Waals surface area (Å²) >= 11 is 2.03. The minimum absolute atomic E-state index is 0.275. The Morgan fingerprint density at radius 2 is 2.41 bits per heavy atom. The van der Waals surface area contributed by atoms with Crippen LogP contribution in [0.25, 0.3) is 0 Å². The molecule has 96 valence electrons. The third-order valence-corrected chi connectivity index (χ3v) is 4.68. The molecule has 1 aromatic rings. The van der Waals surface area contributed by atoms with Gasteiger partial charge in [-0.1, -0.05) is 6.92 Å². The number of nitrogens with zero attached hydrogens (tertiary/aromatic N) is 1. The average Bonchev–Trinajstić information content (AvgIpc) is 2.74. The molecule has 2 rings (SSSR count). The molecule has 1 heterocycles. The van der Waals surface area contributed by atoms with Crippen molar-refractivity contribution in [3.05, 3.63) is 23.5 Å². The molecule has 1 aliphatic carbocycles. The molecule has 0 saturated carbocycles. The van der Waals surface area contributed by atoms with E-state index in [1.807, 2.05) is 11.8 Å². The lowest BCUT2D eigenvalue weighted by Gasteiger charge is -2.24. The number of aromatic nitrogens is 1. The third kappa shape index (κ3) is 2.89. The van der Waals surface area contributed by atoms with Crippen LogP contribution in [-0.4, -0.2) is 16.1 Å². The Labute approximate surface area is 109 Å². The van der Waals surface area contributed by atoms with Crippen molar-refractivity contribution >= 4 is 11.8 Å². The van der Waals surface area contributed by atoms with Crippen LogP contribution in [0.5, 0.6) is 0 Å². The lowest BCUT2D eigenvalue weighted by molar-refractivity contribution is 0.484. The lowest BCUT2D eigenvalue weighted by atomic mass is 9.93. The summed E-state index contributed by atoms with van der Waals surface area (Å²) in [5.41, 5.74) is 9.06. The van der Waals surface area contributed by atoms with E-state index < -0.39 is 0 Å². The fourth-order valence-corrected chi connectivity index (χ4v) is 3.50. The summed E-state index contributed by atoms with van der Waals surface area (Å²) in [4.78, 5) is 0. The molecule has 17 heavy (non-hydrogen) atoms. The summed E-state index contributed by atoms with van der Waals surface area (Å²) < 4.78 is 2.46. The van der Waals surface area contributed by atoms with Crippen molar-refractivity contribution < 1.29 is 0 Å². The zero-order valence-corrected chi connectivity index (χ0v) is 11.8. The van der Waals surface area contributed by atoms with E-state index in [1.54, 1.807) is 0 Å². The van der Waals surface area contributed by atoms with Gasteiger partial charge in [-0.2, -0.15) is 11.8 Å². The minimum Gasteiger partial charge on any atom is -0.348 e. The fraction of sp³-hybridized carbons (Fsp3) is 0.714. The Kier molecular flexibility index (Phi) is 4.57. The molecular weight excluding hydrogens is 228 g/mol. The molecule has 0 aromatic carbocycles. The standard InChI is InChI=1S/C14H24N2S/c1-3-17-10-8-11(2)16-9-7-12-13(15)5-4-6-14(12)16/h7,9,11,13H,3-6,8,10,15H2,1-2H3. The van der Waals surface area contributed by atoms with Crippen LogP contribution < -0.4 is 5.73 Å². The van der Waals surface area contributed by atoms with Gasteiger partial charge in [0.15, 0.2) is 0 Å². The molecule has 0 saturated heterocycles. The Morgan fingerprint density at radius 1 is 1.59 bits per heavy atom. The van der Waals surface area contributed by atoms with Crippen molar-refractivity contribution in [2.24, 2.45) is 5.73 Å². The molecule has 1 aromatic heterocycles. The summed E-state index contributed by atoms with van der Waals surface area (Å²) in [5, 5.41) is 0. The van der Waals surface area contributed by atoms with Gasteiger partial charge in [0.1, 0.15) is 0 Å². The average molecular weight is 252 g/mol. The van der Waals surface area contributed by atoms with E-state index in [0.717, 1.165) is 6.42 Å². The molecule has 0 aliphatic heterocycles. The SMILES string of the molecule is CCSCCC(C)n1ccc2c1CCCC2N. The normalized spacial score (nSPS) is 21.2. The van der Waals surface area contributed by atoms with E-state index in [1.165, 1.54) is 42.0 Å². The van der Waals surface area contributed by atoms with Crippen LogP contribution in [0.2, 0.25) is 0 Å². The van der Waals surface area contributed by atoms with Gasteiger partial charge in [0.05, 0.1) is 0 Å². The Hall–Kier alpha value is -0.410. The van der Waals surface area contributed by atoms with Gasteiger partial charge in [0, 0.05) is 24.0 Å². The molecule has 2 unspecified atom stereocenters. The topological polar surface area (TPSA) is 30.9 Å². The van der Waals surface area contributed by atoms with Gasteiger partial charge in [0.25, 0.3) is 0 Å². The number of hydrogen-bond acceptors (Lipinski definition) is 2. The number of fused-ring (bicyclic) bond motifs is 1. The Bertz CT molecular complexity index is 359. The summed E-state index contributed by atoms with van der Waals surface area (Å²) in [6.45, 7) is 4.56. The summed E-state index contributed by atoms with van der Waals surface area (Å²) in [6.07, 6.45) is 7.11. The molecule has 2 N–H and O–H groups in total. The van der Waals surface area contributed by atoms with Crippen LogP contribution in [-0.2, 0) is 6.42 Å². The van der Waals surface area contributed by atoms with Crippen molar-refractivity contribution in [3.63, 3.8) is 0 Å². The van der Waals surface area contributed by atoms with E-state index in [0.29, 0.717) is 6.04 Å². The monoisotopic (exact) mass is 252 g/mol. The first-order valence-corrected chi connectivity index (χ1v) is 7.92. The van der Waals surface area contributed by atoms with E-state index in [-0.39, 0.29) is 6.04 Å². The smallest absolute Gasteiger partial charge is 0.0313 e. The summed E-state index contributed by atoms with van der Waals surface area (Å²) in [5.74, 6) is 2.48. The Morgan fingerprint density at radius 3 is 3.18 bits per heavy atom. The maximum Gasteiger partial charge on any atom is 0.0313 e. The zero-order chi connectivity index (χ0) is 12.3. The molecule has 0 amide bonds. The van der Waals surface area contributed by atoms with Crippen molar-refractivity contribution in [1.82, 2.24) is 4.57 Å². The van der Waals surface area contributed by atoms with Gasteiger partial charge in [-0.15, -0.1) is 0 Å². The third-order valence-electron chi connectivity index (χ3n) is 3.75. The quantitative estimate of drug-likeness (QED) is 0.813. The van der Waals surface area contributed by atoms with Crippen LogP contribution in [0.3, 0.4) is 0 Å². The predicted octanol–water partition coefficient (Wildman–Crippen LogP) is 3.53. The van der Waals surface area contributed by atoms with E-state index in [2.05, 4.69) is 30.7 Å². The number of thioether (sulfide) groups is 1. The molecular formula is C14H24N2S. The zero-order valence-electron chi connectivity index (χ0n) is 11.0. The van der Waals surface area contributed by atoms with Crippen LogP contribution in [0.1, 0.15) is 56.5 Å². The van der Waals surface area contributed by atoms with Crippen molar-refractivity contribution in [3.8, 4) is 0 Å². The number of nitrogens with two attached hydrogens (primary N) is 1. The second-order valence-electron chi connectivity index (χ2n) is 4.96. The van der Waals surface area contributed by atoms with Crippen LogP contribution in [0.4, 0.5) is 0 Å². The van der Waals surface area contributed by atoms with Crippen LogP contribution >= 0.6 is 11.8 Å². The highest BCUT2D eigenvalue weighted by atomic mass is 32.2. The molecule has 2 nitrogen and oxygen atoms in total. The minimum atomic E-state index is 0.275. The van der Waals surface area contributed by atoms with Crippen LogP contribution in [0, 0.1) is 0 Å². The summed E-state index contributed by atoms with van der Waals surface area (Å²) in [7, 11) is 0. The van der Waals surface area contributed by atoms with Crippen LogP contribution in [0.15, 0.2) is 12.3 Å². The van der Waals surface area contributed by atoms with Gasteiger partial charge in [-0.25, -0.2) is 0 Å². The first-order chi connectivity index (χ1) is 8.24. The second-order valence-corrected chi connectivity index (χ2v) is 6.35. The van der Waals surface area contributed by atoms with E-state index >= 15 is 0 Å². The first-order valence-electron chi connectivity index (χ1n) is 6.77. The molecule has 0 bridgehead atoms. The van der Waals surface area contributed by atoms with Crippen molar-refractivity contribution in [2.45, 2.75) is 51.6 Å². The van der Waals surface area contributed by atoms with Gasteiger partial charge >= 0.3 is 0 Å². The Balaban J connectivity index is 2.05. The van der Waals surface area contributed by atoms with E-state index in [9.17, 15) is 0 Å². The molecule has 2 atom stereocenters. The summed E-state index contributed by atoms with van der Waals surface area (Å²) in [6, 6.07) is 3.13. The highest BCUT2D eigenvalue weighted by Gasteiger charge is 2.21. The van der Waals surface area contributed by atoms with Gasteiger partial charge in [-0.3, -0.25) is 0 Å². The fourth-order valence-electron chi connectivity index (χ4n) is 2.70. The largest absolute Gasteiger partial charge is 0.348 e. The second kappa shape index (κ2) is 5.96. The highest BCUT2D eigenvalue weighted by molar-refractivity contribution is 7.99. The molecule has 0 fully saturated rings. The number of hydrogen-bond donors (Lipinski definition) is 1. The molecule has 0 spiro atoms. The predicted molar refractivity (Wildman–Crippen MR) is 76.6 cm³/mol. The maximum atomic E-state index is 6.16. The maximum absolute atomic E-state index is 6.16.